The SMILES string of the molecule is Cc1cccc(NC(=O)N[C@@H]2N=C(N3CCC(C)(C)CC3)c3ccccc3N(C)C2=O)c1. The van der Waals surface area contributed by atoms with Crippen LogP contribution in [0.15, 0.2) is 53.5 Å². The van der Waals surface area contributed by atoms with Crippen LogP contribution in [0.1, 0.15) is 37.8 Å². The average molecular weight is 434 g/mol. The number of rotatable bonds is 2. The molecular formula is C25H31N5O2. The molecule has 2 aliphatic heterocycles. The van der Waals surface area contributed by atoms with Crippen molar-refractivity contribution < 1.29 is 9.59 Å². The highest BCUT2D eigenvalue weighted by Crippen LogP contribution is 2.33. The Labute approximate surface area is 189 Å². The fourth-order valence-electron chi connectivity index (χ4n) is 4.19. The number of urea groups is 1. The number of anilines is 2. The molecule has 0 bridgehead atoms. The van der Waals surface area contributed by atoms with Crippen molar-refractivity contribution in [1.29, 1.82) is 0 Å². The molecule has 32 heavy (non-hydrogen) atoms. The van der Waals surface area contributed by atoms with Gasteiger partial charge in [0.1, 0.15) is 5.84 Å². The van der Waals surface area contributed by atoms with Crippen LogP contribution in [0.2, 0.25) is 0 Å². The predicted molar refractivity (Wildman–Crippen MR) is 128 cm³/mol. The number of carbonyl (C=O) groups excluding carboxylic acids is 2. The summed E-state index contributed by atoms with van der Waals surface area (Å²) in [6.07, 6.45) is 1.08. The number of para-hydroxylation sites is 1. The minimum Gasteiger partial charge on any atom is -0.356 e. The molecule has 7 heteroatoms. The summed E-state index contributed by atoms with van der Waals surface area (Å²) in [7, 11) is 1.73. The largest absolute Gasteiger partial charge is 0.356 e. The van der Waals surface area contributed by atoms with E-state index in [0.29, 0.717) is 11.1 Å². The van der Waals surface area contributed by atoms with E-state index >= 15 is 0 Å². The summed E-state index contributed by atoms with van der Waals surface area (Å²) in [5.41, 5.74) is 3.70. The van der Waals surface area contributed by atoms with Crippen molar-refractivity contribution in [3.63, 3.8) is 0 Å². The van der Waals surface area contributed by atoms with Crippen LogP contribution in [0.5, 0.6) is 0 Å². The number of amides is 3. The number of nitrogens with zero attached hydrogens (tertiary/aromatic N) is 3. The topological polar surface area (TPSA) is 77.0 Å². The molecule has 168 valence electrons. The normalized spacial score (nSPS) is 20.2. The van der Waals surface area contributed by atoms with Crippen molar-refractivity contribution in [1.82, 2.24) is 10.2 Å². The predicted octanol–water partition coefficient (Wildman–Crippen LogP) is 3.99. The van der Waals surface area contributed by atoms with E-state index in [0.717, 1.165) is 48.6 Å². The molecule has 0 spiro atoms. The molecule has 1 saturated heterocycles. The van der Waals surface area contributed by atoms with E-state index in [1.54, 1.807) is 11.9 Å². The zero-order valence-electron chi connectivity index (χ0n) is 19.2. The Balaban J connectivity index is 1.63. The van der Waals surface area contributed by atoms with Crippen LogP contribution in [-0.4, -0.2) is 49.0 Å². The molecule has 1 atom stereocenters. The molecule has 7 nitrogen and oxygen atoms in total. The first kappa shape index (κ1) is 21.9. The second-order valence-electron chi connectivity index (χ2n) is 9.39. The lowest BCUT2D eigenvalue weighted by Crippen LogP contribution is -2.48. The second kappa shape index (κ2) is 8.65. The molecule has 2 aromatic carbocycles. The fourth-order valence-corrected chi connectivity index (χ4v) is 4.19. The van der Waals surface area contributed by atoms with Gasteiger partial charge in [-0.2, -0.15) is 0 Å². The summed E-state index contributed by atoms with van der Waals surface area (Å²) in [6, 6.07) is 14.8. The number of likely N-dealkylation sites (N-methyl/N-ethyl adjacent to an activating group) is 1. The first-order chi connectivity index (χ1) is 15.2. The number of aliphatic imine (C=N–C) groups is 1. The fraction of sp³-hybridized carbons (Fsp3) is 0.400. The van der Waals surface area contributed by atoms with Gasteiger partial charge in [0.05, 0.1) is 5.69 Å². The third-order valence-electron chi connectivity index (χ3n) is 6.28. The number of carbonyl (C=O) groups is 2. The Kier molecular flexibility index (Phi) is 5.91. The average Bonchev–Trinajstić information content (AvgIpc) is 2.85. The Bertz CT molecular complexity index is 1050. The lowest BCUT2D eigenvalue weighted by atomic mass is 9.82. The van der Waals surface area contributed by atoms with Crippen LogP contribution in [0, 0.1) is 12.3 Å². The van der Waals surface area contributed by atoms with Crippen LogP contribution in [-0.2, 0) is 4.79 Å². The molecule has 2 aromatic rings. The number of nitrogens with one attached hydrogen (secondary N) is 2. The zero-order valence-corrected chi connectivity index (χ0v) is 19.2. The second-order valence-corrected chi connectivity index (χ2v) is 9.39. The van der Waals surface area contributed by atoms with Crippen molar-refractivity contribution in [2.75, 3.05) is 30.4 Å². The summed E-state index contributed by atoms with van der Waals surface area (Å²) < 4.78 is 0. The molecule has 0 saturated carbocycles. The van der Waals surface area contributed by atoms with Crippen LogP contribution >= 0.6 is 0 Å². The number of benzodiazepines with no additional fused rings is 1. The first-order valence-corrected chi connectivity index (χ1v) is 11.1. The number of hydrogen-bond acceptors (Lipinski definition) is 4. The third-order valence-corrected chi connectivity index (χ3v) is 6.28. The number of hydrogen-bond donors (Lipinski definition) is 2. The van der Waals surface area contributed by atoms with E-state index in [1.807, 2.05) is 55.5 Å². The monoisotopic (exact) mass is 433 g/mol. The van der Waals surface area contributed by atoms with Crippen LogP contribution in [0.4, 0.5) is 16.2 Å². The molecule has 0 unspecified atom stereocenters. The number of fused-ring (bicyclic) bond motifs is 1. The summed E-state index contributed by atoms with van der Waals surface area (Å²) in [4.78, 5) is 34.6. The van der Waals surface area contributed by atoms with Gasteiger partial charge >= 0.3 is 6.03 Å². The standard InChI is InChI=1S/C25H31N5O2/c1-17-8-7-9-18(16-17)26-24(32)28-21-23(31)29(4)20-11-6-5-10-19(20)22(27-21)30-14-12-25(2,3)13-15-30/h5-11,16,21H,12-15H2,1-4H3,(H2,26,28,32)/t21-/m0/s1. The number of amidine groups is 1. The molecule has 2 aliphatic rings. The number of aryl methyl sites for hydroxylation is 1. The van der Waals surface area contributed by atoms with Gasteiger partial charge < -0.3 is 20.4 Å². The van der Waals surface area contributed by atoms with Crippen molar-refractivity contribution >= 4 is 29.1 Å². The van der Waals surface area contributed by atoms with Crippen molar-refractivity contribution in [3.05, 3.63) is 59.7 Å². The van der Waals surface area contributed by atoms with E-state index in [-0.39, 0.29) is 5.91 Å². The highest BCUT2D eigenvalue weighted by atomic mass is 16.2. The maximum atomic E-state index is 13.2. The van der Waals surface area contributed by atoms with Gasteiger partial charge in [-0.05, 0) is 55.0 Å². The minimum atomic E-state index is -1.01. The maximum absolute atomic E-state index is 13.2. The van der Waals surface area contributed by atoms with E-state index < -0.39 is 12.2 Å². The van der Waals surface area contributed by atoms with Gasteiger partial charge in [0, 0.05) is 31.4 Å². The highest BCUT2D eigenvalue weighted by Gasteiger charge is 2.34. The molecule has 2 heterocycles. The molecule has 2 N–H and O–H groups in total. The first-order valence-electron chi connectivity index (χ1n) is 11.1. The van der Waals surface area contributed by atoms with Gasteiger partial charge in [0.15, 0.2) is 0 Å². The maximum Gasteiger partial charge on any atom is 0.321 e. The van der Waals surface area contributed by atoms with Crippen molar-refractivity contribution in [2.24, 2.45) is 10.4 Å². The number of piperidine rings is 1. The molecule has 0 radical (unpaired) electrons. The van der Waals surface area contributed by atoms with E-state index in [9.17, 15) is 9.59 Å². The molecule has 0 aromatic heterocycles. The van der Waals surface area contributed by atoms with E-state index in [4.69, 9.17) is 4.99 Å². The van der Waals surface area contributed by atoms with E-state index in [2.05, 4.69) is 29.4 Å². The van der Waals surface area contributed by atoms with Crippen LogP contribution < -0.4 is 15.5 Å². The Hall–Kier alpha value is -3.35. The van der Waals surface area contributed by atoms with Crippen LogP contribution in [0.3, 0.4) is 0 Å². The third kappa shape index (κ3) is 4.61. The summed E-state index contributed by atoms with van der Waals surface area (Å²) in [6.45, 7) is 8.25. The summed E-state index contributed by atoms with van der Waals surface area (Å²) in [5.74, 6) is 0.485. The van der Waals surface area contributed by atoms with Crippen molar-refractivity contribution in [3.8, 4) is 0 Å². The van der Waals surface area contributed by atoms with Gasteiger partial charge in [-0.15, -0.1) is 0 Å². The molecule has 3 amide bonds. The van der Waals surface area contributed by atoms with Gasteiger partial charge in [-0.25, -0.2) is 9.79 Å². The Morgan fingerprint density at radius 1 is 1.09 bits per heavy atom. The molecule has 0 aliphatic carbocycles. The summed E-state index contributed by atoms with van der Waals surface area (Å²) >= 11 is 0. The Morgan fingerprint density at radius 2 is 1.81 bits per heavy atom. The lowest BCUT2D eigenvalue weighted by Gasteiger charge is -2.38. The van der Waals surface area contributed by atoms with Gasteiger partial charge in [-0.1, -0.05) is 38.1 Å². The highest BCUT2D eigenvalue weighted by molar-refractivity contribution is 6.12. The minimum absolute atomic E-state index is 0.274. The number of likely N-dealkylation sites (tertiary alicyclic amines) is 1. The molecule has 1 fully saturated rings. The lowest BCUT2D eigenvalue weighted by molar-refractivity contribution is -0.119. The number of benzene rings is 2. The van der Waals surface area contributed by atoms with Crippen molar-refractivity contribution in [2.45, 2.75) is 39.8 Å². The summed E-state index contributed by atoms with van der Waals surface area (Å²) in [5, 5.41) is 5.58. The van der Waals surface area contributed by atoms with Gasteiger partial charge in [-0.3, -0.25) is 4.79 Å². The Morgan fingerprint density at radius 3 is 2.53 bits per heavy atom. The molecule has 4 rings (SSSR count). The van der Waals surface area contributed by atoms with Crippen LogP contribution in [0.25, 0.3) is 0 Å². The van der Waals surface area contributed by atoms with Gasteiger partial charge in [0.25, 0.3) is 5.91 Å². The zero-order chi connectivity index (χ0) is 22.9. The van der Waals surface area contributed by atoms with Gasteiger partial charge in [0.2, 0.25) is 6.17 Å². The molecular weight excluding hydrogens is 402 g/mol. The quantitative estimate of drug-likeness (QED) is 0.752. The smallest absolute Gasteiger partial charge is 0.321 e. The van der Waals surface area contributed by atoms with E-state index in [1.165, 1.54) is 0 Å².